The molecule has 9 heterocycles. The van der Waals surface area contributed by atoms with Gasteiger partial charge in [0.05, 0.1) is 30.3 Å². The van der Waals surface area contributed by atoms with Gasteiger partial charge in [0.2, 0.25) is 52.9 Å². The number of amides is 13. The van der Waals surface area contributed by atoms with Gasteiger partial charge in [-0.05, 0) is 76.8 Å². The second-order valence-corrected chi connectivity index (χ2v) is 28.2. The monoisotopic (exact) mass is 1570 g/mol. The number of imidazole rings is 4. The molecule has 0 saturated carbocycles. The number of nitrogens with one attached hydrogen (secondary N) is 11. The minimum Gasteiger partial charge on any atom is -0.444 e. The van der Waals surface area contributed by atoms with Crippen LogP contribution in [0.15, 0.2) is 67.8 Å². The van der Waals surface area contributed by atoms with Gasteiger partial charge in [0.15, 0.2) is 23.3 Å². The number of ether oxygens (including phenoxy) is 2. The van der Waals surface area contributed by atoms with Gasteiger partial charge in [-0.2, -0.15) is 0 Å². The Bertz CT molecular complexity index is 4860. The van der Waals surface area contributed by atoms with Crippen molar-refractivity contribution < 1.29 is 71.8 Å². The van der Waals surface area contributed by atoms with Gasteiger partial charge in [0, 0.05) is 208 Å². The summed E-state index contributed by atoms with van der Waals surface area (Å²) in [7, 11) is 9.61. The van der Waals surface area contributed by atoms with Crippen molar-refractivity contribution in [3.63, 3.8) is 0 Å². The smallest absolute Gasteiger partial charge is 0.407 e. The fraction of sp³-hybridized carbons (Fsp3) is 0.453. The van der Waals surface area contributed by atoms with Gasteiger partial charge in [0.25, 0.3) is 35.4 Å². The van der Waals surface area contributed by atoms with E-state index in [2.05, 4.69) is 102 Å². The summed E-state index contributed by atoms with van der Waals surface area (Å²) in [6.07, 6.45) is 14.1. The lowest BCUT2D eigenvalue weighted by atomic mass is 9.96. The molecule has 0 bridgehead atoms. The number of aryl methyl sites for hydroxylation is 6. The molecule has 2 aliphatic rings. The van der Waals surface area contributed by atoms with Gasteiger partial charge in [-0.3, -0.25) is 57.5 Å². The van der Waals surface area contributed by atoms with Crippen LogP contribution in [0.1, 0.15) is 155 Å². The summed E-state index contributed by atoms with van der Waals surface area (Å²) < 4.78 is 21.4. The number of carbonyl (C=O) groups excluding carboxylic acids is 13. The first-order valence-electron chi connectivity index (χ1n) is 37.0. The zero-order valence-electron chi connectivity index (χ0n) is 65.3. The quantitative estimate of drug-likeness (QED) is 0.0213. The molecule has 11 N–H and O–H groups in total. The number of piperidine rings is 2. The Balaban J connectivity index is 0.672. The minimum atomic E-state index is -0.702. The van der Waals surface area contributed by atoms with Crippen molar-refractivity contribution in [2.75, 3.05) is 103 Å². The van der Waals surface area contributed by atoms with Crippen molar-refractivity contribution in [1.82, 2.24) is 83.0 Å². The molecule has 39 heteroatoms. The summed E-state index contributed by atoms with van der Waals surface area (Å²) in [5.74, 6) is 7.81. The first-order valence-corrected chi connectivity index (χ1v) is 37.0. The van der Waals surface area contributed by atoms with Gasteiger partial charge < -0.3 is 110 Å². The minimum absolute atomic E-state index is 0.000795. The number of carbonyl (C=O) groups is 13. The van der Waals surface area contributed by atoms with E-state index in [0.717, 1.165) is 25.7 Å². The number of likely N-dealkylation sites (tertiary alicyclic amines) is 2. The zero-order valence-corrected chi connectivity index (χ0v) is 65.3. The topological polar surface area (TPSA) is 465 Å². The summed E-state index contributed by atoms with van der Waals surface area (Å²) in [4.78, 5) is 189. The zero-order chi connectivity index (χ0) is 82.3. The second-order valence-electron chi connectivity index (χ2n) is 28.2. The molecule has 0 aliphatic carbocycles. The average Bonchev–Trinajstić information content (AvgIpc) is 1.69. The molecule has 114 heavy (non-hydrogen) atoms. The van der Waals surface area contributed by atoms with Gasteiger partial charge in [-0.15, -0.1) is 0 Å². The molecule has 7 aromatic heterocycles. The predicted molar refractivity (Wildman–Crippen MR) is 416 cm³/mol. The van der Waals surface area contributed by atoms with Crippen molar-refractivity contribution in [3.05, 3.63) is 102 Å². The van der Waals surface area contributed by atoms with Gasteiger partial charge in [0.1, 0.15) is 22.8 Å². The summed E-state index contributed by atoms with van der Waals surface area (Å²) in [6, 6.07) is 4.43. The van der Waals surface area contributed by atoms with Crippen LogP contribution in [-0.4, -0.2) is 210 Å². The fourth-order valence-corrected chi connectivity index (χ4v) is 12.1. The SMILES string of the molecule is CC(=O)N1CCC(C#CC#CC2CCN(C(=O)CCNC(=O)c3nc(NC(=O)c4cc(NC(=O)CCNC(=O)c5nc(NC(=O)CCCNC(=O)c6cc(NC(=O)c7nc(NC(=O)CCC(=O)Nc8cc(NC(=O)c9nccn9C)cn8C)cn7C)cn6CCOCCNC(=O)OC(C)(C)C)cn5C)cn4C)cn3C)CC2)CC1. The molecule has 39 nitrogen and oxygen atoms in total. The summed E-state index contributed by atoms with van der Waals surface area (Å²) in [6.45, 7) is 9.70. The van der Waals surface area contributed by atoms with E-state index in [1.54, 1.807) is 100.0 Å². The molecule has 0 spiro atoms. The third-order valence-electron chi connectivity index (χ3n) is 18.0. The lowest BCUT2D eigenvalue weighted by Gasteiger charge is -2.29. The maximum absolute atomic E-state index is 13.8. The van der Waals surface area contributed by atoms with Crippen LogP contribution in [0.2, 0.25) is 0 Å². The predicted octanol–water partition coefficient (Wildman–Crippen LogP) is 3.29. The van der Waals surface area contributed by atoms with Crippen molar-refractivity contribution in [3.8, 4) is 23.7 Å². The van der Waals surface area contributed by atoms with Crippen LogP contribution in [0.5, 0.6) is 0 Å². The lowest BCUT2D eigenvalue weighted by molar-refractivity contribution is -0.132. The molecule has 606 valence electrons. The van der Waals surface area contributed by atoms with Crippen molar-refractivity contribution in [1.29, 1.82) is 0 Å². The number of aromatic nitrogens is 11. The first kappa shape index (κ1) is 84.7. The van der Waals surface area contributed by atoms with Crippen LogP contribution in [0.4, 0.5) is 45.1 Å². The Morgan fingerprint density at radius 3 is 1.54 bits per heavy atom. The Morgan fingerprint density at radius 1 is 0.456 bits per heavy atom. The fourth-order valence-electron chi connectivity index (χ4n) is 12.1. The molecular formula is C75H96N24O15. The summed E-state index contributed by atoms with van der Waals surface area (Å²) in [5, 5.41) is 29.5. The van der Waals surface area contributed by atoms with Crippen molar-refractivity contribution in [2.45, 2.75) is 104 Å². The molecule has 2 saturated heterocycles. The highest BCUT2D eigenvalue weighted by Crippen LogP contribution is 2.23. The van der Waals surface area contributed by atoms with Crippen LogP contribution in [0.3, 0.4) is 0 Å². The molecule has 0 atom stereocenters. The second kappa shape index (κ2) is 39.5. The number of hydrogen-bond donors (Lipinski definition) is 11. The Labute approximate surface area is 656 Å². The molecular weight excluding hydrogens is 1480 g/mol. The maximum Gasteiger partial charge on any atom is 0.407 e. The lowest BCUT2D eigenvalue weighted by Crippen LogP contribution is -2.40. The number of anilines is 7. The standard InChI is InChI=1S/C75H96N24O15/c1-47(100)97-30-21-48(22-31-97)14-11-12-15-49-23-32-98(33-24-49)63(105)20-27-79-71(109)66-88-57(46-95(66)9)89-69(107)53-38-50(41-92(53)6)81-62(104)19-26-78-70(108)65-86-55(44-94(65)8)84-59(101)16-13-25-77-68(106)54-39-51(43-99(54)35-37-113-36-29-80-74(112)114-75(2,3)4)82-73(111)67-87-56(45-96(67)10)85-60(102)17-18-61(103)90-58-40-52(42-93(58)7)83-72(110)64-76-28-34-91(64)5/h28,34,38-46,48-49H,13,16-27,29-33,35-37H2,1-10H3,(H,77,106)(H,78,108)(H,79,109)(H,80,112)(H,81,104)(H,82,111)(H,83,110)(H,84,101)(H,85,102)(H,89,107)(H,90,103). The van der Waals surface area contributed by atoms with Crippen LogP contribution >= 0.6 is 0 Å². The highest BCUT2D eigenvalue weighted by molar-refractivity contribution is 6.06. The number of hydrogen-bond acceptors (Lipinski definition) is 19. The van der Waals surface area contributed by atoms with Crippen LogP contribution in [0, 0.1) is 35.5 Å². The van der Waals surface area contributed by atoms with Gasteiger partial charge in [-0.25, -0.2) is 24.7 Å². The van der Waals surface area contributed by atoms with Gasteiger partial charge >= 0.3 is 6.09 Å². The number of rotatable bonds is 32. The van der Waals surface area contributed by atoms with Crippen molar-refractivity contribution >= 4 is 117 Å². The highest BCUT2D eigenvalue weighted by atomic mass is 16.6. The highest BCUT2D eigenvalue weighted by Gasteiger charge is 2.27. The molecule has 2 aliphatic heterocycles. The molecule has 0 unspecified atom stereocenters. The van der Waals surface area contributed by atoms with E-state index in [0.29, 0.717) is 37.7 Å². The Hall–Kier alpha value is -13.3. The molecule has 0 radical (unpaired) electrons. The van der Waals surface area contributed by atoms with Crippen LogP contribution in [0.25, 0.3) is 0 Å². The van der Waals surface area contributed by atoms with E-state index in [1.807, 2.05) is 4.90 Å². The van der Waals surface area contributed by atoms with E-state index in [4.69, 9.17) is 9.47 Å². The van der Waals surface area contributed by atoms with E-state index in [1.165, 1.54) is 74.6 Å². The molecule has 7 aromatic rings. The third-order valence-corrected chi connectivity index (χ3v) is 18.0. The van der Waals surface area contributed by atoms with E-state index >= 15 is 0 Å². The molecule has 2 fully saturated rings. The number of nitrogens with zero attached hydrogens (tertiary/aromatic N) is 13. The summed E-state index contributed by atoms with van der Waals surface area (Å²) >= 11 is 0. The average molecular weight is 1570 g/mol. The molecule has 0 aromatic carbocycles. The van der Waals surface area contributed by atoms with Crippen molar-refractivity contribution in [2.24, 2.45) is 54.1 Å². The number of alkyl carbamates (subject to hydrolysis) is 1. The Kier molecular flexibility index (Phi) is 29.4. The summed E-state index contributed by atoms with van der Waals surface area (Å²) in [5.41, 5.74) is 0.439. The van der Waals surface area contributed by atoms with Crippen LogP contribution in [-0.2, 0) is 87.1 Å². The van der Waals surface area contributed by atoms with Crippen LogP contribution < -0.4 is 58.5 Å². The first-order chi connectivity index (χ1) is 54.3. The van der Waals surface area contributed by atoms with Gasteiger partial charge in [-0.1, -0.05) is 11.8 Å². The third kappa shape index (κ3) is 25.1. The Morgan fingerprint density at radius 2 is 0.956 bits per heavy atom. The van der Waals surface area contributed by atoms with E-state index in [-0.39, 0.29) is 172 Å². The largest absolute Gasteiger partial charge is 0.444 e. The molecule has 13 amide bonds. The van der Waals surface area contributed by atoms with E-state index in [9.17, 15) is 62.3 Å². The maximum atomic E-state index is 13.8. The molecule has 9 rings (SSSR count). The normalized spacial score (nSPS) is 12.9. The van der Waals surface area contributed by atoms with E-state index < -0.39 is 70.8 Å².